The molecule has 0 aromatic carbocycles. The van der Waals surface area contributed by atoms with Crippen LogP contribution < -0.4 is 4.90 Å². The molecule has 118 valence electrons. The van der Waals surface area contributed by atoms with Gasteiger partial charge in [-0.2, -0.15) is 13.2 Å². The first kappa shape index (κ1) is 17.5. The molecule has 0 spiro atoms. The van der Waals surface area contributed by atoms with Gasteiger partial charge in [0.25, 0.3) is 0 Å². The Balaban J connectivity index is 2.62. The van der Waals surface area contributed by atoms with Crippen molar-refractivity contribution in [3.05, 3.63) is 35.7 Å². The Morgan fingerprint density at radius 1 is 1.29 bits per heavy atom. The van der Waals surface area contributed by atoms with Crippen molar-refractivity contribution >= 4 is 5.69 Å². The Morgan fingerprint density at radius 3 is 2.57 bits per heavy atom. The molecule has 5 heteroatoms. The van der Waals surface area contributed by atoms with Crippen LogP contribution in [0.3, 0.4) is 0 Å². The van der Waals surface area contributed by atoms with E-state index < -0.39 is 12.6 Å². The summed E-state index contributed by atoms with van der Waals surface area (Å²) in [6, 6.07) is 2.05. The van der Waals surface area contributed by atoms with E-state index in [4.69, 9.17) is 0 Å². The third-order valence-electron chi connectivity index (χ3n) is 3.09. The van der Waals surface area contributed by atoms with Crippen LogP contribution in [-0.4, -0.2) is 24.2 Å². The number of allylic oxidation sites excluding steroid dienone is 1. The van der Waals surface area contributed by atoms with Gasteiger partial charge in [0.15, 0.2) is 0 Å². The van der Waals surface area contributed by atoms with E-state index in [1.54, 1.807) is 18.5 Å². The SMILES string of the molecule is CCCN(CCC=C(C)CC(F)(F)F)c1cncc(C)c1. The van der Waals surface area contributed by atoms with Crippen molar-refractivity contribution in [2.24, 2.45) is 0 Å². The molecular formula is C16H23F3N2. The Morgan fingerprint density at radius 2 is 2.00 bits per heavy atom. The molecule has 0 atom stereocenters. The molecule has 1 aromatic rings. The fourth-order valence-corrected chi connectivity index (χ4v) is 2.21. The first-order valence-electron chi connectivity index (χ1n) is 7.21. The number of halogens is 3. The molecule has 0 saturated heterocycles. The molecule has 0 saturated carbocycles. The molecule has 1 heterocycles. The molecule has 0 radical (unpaired) electrons. The summed E-state index contributed by atoms with van der Waals surface area (Å²) in [4.78, 5) is 6.34. The van der Waals surface area contributed by atoms with Gasteiger partial charge in [-0.05, 0) is 38.3 Å². The van der Waals surface area contributed by atoms with Gasteiger partial charge in [0, 0.05) is 19.3 Å². The van der Waals surface area contributed by atoms with Gasteiger partial charge in [-0.15, -0.1) is 0 Å². The summed E-state index contributed by atoms with van der Waals surface area (Å²) >= 11 is 0. The zero-order chi connectivity index (χ0) is 15.9. The minimum absolute atomic E-state index is 0.376. The second-order valence-corrected chi connectivity index (χ2v) is 5.34. The van der Waals surface area contributed by atoms with E-state index in [2.05, 4.69) is 22.9 Å². The molecule has 0 bridgehead atoms. The normalized spacial score (nSPS) is 12.6. The molecule has 0 aliphatic carbocycles. The quantitative estimate of drug-likeness (QED) is 0.666. The largest absolute Gasteiger partial charge is 0.392 e. The minimum Gasteiger partial charge on any atom is -0.370 e. The molecule has 21 heavy (non-hydrogen) atoms. The van der Waals surface area contributed by atoms with Gasteiger partial charge >= 0.3 is 6.18 Å². The molecule has 0 unspecified atom stereocenters. The lowest BCUT2D eigenvalue weighted by Crippen LogP contribution is -2.25. The highest BCUT2D eigenvalue weighted by molar-refractivity contribution is 5.45. The third kappa shape index (κ3) is 7.16. The van der Waals surface area contributed by atoms with Gasteiger partial charge in [0.05, 0.1) is 18.3 Å². The van der Waals surface area contributed by atoms with Crippen LogP contribution >= 0.6 is 0 Å². The van der Waals surface area contributed by atoms with Crippen LogP contribution in [-0.2, 0) is 0 Å². The molecular weight excluding hydrogens is 277 g/mol. The zero-order valence-corrected chi connectivity index (χ0v) is 12.9. The summed E-state index contributed by atoms with van der Waals surface area (Å²) in [5, 5.41) is 0. The van der Waals surface area contributed by atoms with Crippen molar-refractivity contribution in [1.29, 1.82) is 0 Å². The van der Waals surface area contributed by atoms with Crippen molar-refractivity contribution < 1.29 is 13.2 Å². The van der Waals surface area contributed by atoms with Crippen LogP contribution in [0.1, 0.15) is 38.7 Å². The number of rotatable bonds is 7. The molecule has 1 aromatic heterocycles. The molecule has 2 nitrogen and oxygen atoms in total. The maximum absolute atomic E-state index is 12.3. The second kappa shape index (κ2) is 8.05. The Kier molecular flexibility index (Phi) is 6.72. The first-order chi connectivity index (χ1) is 9.81. The summed E-state index contributed by atoms with van der Waals surface area (Å²) in [7, 11) is 0. The number of anilines is 1. The Bertz CT molecular complexity index is 467. The molecule has 0 fully saturated rings. The highest BCUT2D eigenvalue weighted by atomic mass is 19.4. The summed E-state index contributed by atoms with van der Waals surface area (Å²) in [6.07, 6.45) is 1.92. The summed E-state index contributed by atoms with van der Waals surface area (Å²) in [5.74, 6) is 0. The Hall–Kier alpha value is -1.52. The van der Waals surface area contributed by atoms with Gasteiger partial charge in [-0.1, -0.05) is 18.6 Å². The maximum Gasteiger partial charge on any atom is 0.392 e. The second-order valence-electron chi connectivity index (χ2n) is 5.34. The number of aryl methyl sites for hydroxylation is 1. The first-order valence-corrected chi connectivity index (χ1v) is 7.21. The van der Waals surface area contributed by atoms with Gasteiger partial charge in [-0.25, -0.2) is 0 Å². The molecule has 0 N–H and O–H groups in total. The molecule has 1 rings (SSSR count). The lowest BCUT2D eigenvalue weighted by molar-refractivity contribution is -0.127. The van der Waals surface area contributed by atoms with Crippen LogP contribution in [0.25, 0.3) is 0 Å². The number of hydrogen-bond acceptors (Lipinski definition) is 2. The van der Waals surface area contributed by atoms with E-state index >= 15 is 0 Å². The van der Waals surface area contributed by atoms with Crippen LogP contribution in [0.5, 0.6) is 0 Å². The van der Waals surface area contributed by atoms with E-state index in [1.807, 2.05) is 6.92 Å². The van der Waals surface area contributed by atoms with Crippen molar-refractivity contribution in [2.75, 3.05) is 18.0 Å². The predicted molar refractivity (Wildman–Crippen MR) is 80.5 cm³/mol. The van der Waals surface area contributed by atoms with Gasteiger partial charge in [0.1, 0.15) is 0 Å². The number of hydrogen-bond donors (Lipinski definition) is 0. The zero-order valence-electron chi connectivity index (χ0n) is 12.9. The van der Waals surface area contributed by atoms with Crippen LogP contribution in [0.2, 0.25) is 0 Å². The fourth-order valence-electron chi connectivity index (χ4n) is 2.21. The molecule has 0 aliphatic heterocycles. The highest BCUT2D eigenvalue weighted by Gasteiger charge is 2.27. The minimum atomic E-state index is -4.12. The van der Waals surface area contributed by atoms with E-state index in [-0.39, 0.29) is 0 Å². The van der Waals surface area contributed by atoms with E-state index in [0.717, 1.165) is 24.2 Å². The monoisotopic (exact) mass is 300 g/mol. The molecule has 0 aliphatic rings. The lowest BCUT2D eigenvalue weighted by atomic mass is 10.1. The van der Waals surface area contributed by atoms with Crippen LogP contribution in [0.15, 0.2) is 30.1 Å². The number of aromatic nitrogens is 1. The highest BCUT2D eigenvalue weighted by Crippen LogP contribution is 2.24. The average molecular weight is 300 g/mol. The van der Waals surface area contributed by atoms with Crippen molar-refractivity contribution in [2.45, 2.75) is 46.2 Å². The fraction of sp³-hybridized carbons (Fsp3) is 0.562. The van der Waals surface area contributed by atoms with Gasteiger partial charge in [0.2, 0.25) is 0 Å². The van der Waals surface area contributed by atoms with Crippen molar-refractivity contribution in [3.8, 4) is 0 Å². The van der Waals surface area contributed by atoms with E-state index in [9.17, 15) is 13.2 Å². The topological polar surface area (TPSA) is 16.1 Å². The summed E-state index contributed by atoms with van der Waals surface area (Å²) in [6.45, 7) is 7.17. The Labute approximate surface area is 124 Å². The number of pyridine rings is 1. The average Bonchev–Trinajstić information content (AvgIpc) is 2.35. The van der Waals surface area contributed by atoms with Crippen LogP contribution in [0, 0.1) is 6.92 Å². The van der Waals surface area contributed by atoms with E-state index in [0.29, 0.717) is 18.5 Å². The standard InChI is InChI=1S/C16H23F3N2/c1-4-7-21(15-9-14(3)11-20-12-15)8-5-6-13(2)10-16(17,18)19/h6,9,11-12H,4-5,7-8,10H2,1-3H3. The van der Waals surface area contributed by atoms with Gasteiger partial charge < -0.3 is 4.90 Å². The number of alkyl halides is 3. The van der Waals surface area contributed by atoms with Crippen molar-refractivity contribution in [1.82, 2.24) is 4.98 Å². The van der Waals surface area contributed by atoms with Crippen molar-refractivity contribution in [3.63, 3.8) is 0 Å². The van der Waals surface area contributed by atoms with E-state index in [1.165, 1.54) is 6.92 Å². The lowest BCUT2D eigenvalue weighted by Gasteiger charge is -2.23. The smallest absolute Gasteiger partial charge is 0.370 e. The maximum atomic E-state index is 12.3. The molecule has 0 amide bonds. The number of nitrogens with zero attached hydrogens (tertiary/aromatic N) is 2. The predicted octanol–water partition coefficient (Wildman–Crippen LogP) is 4.90. The summed E-state index contributed by atoms with van der Waals surface area (Å²) < 4.78 is 36.8. The van der Waals surface area contributed by atoms with Gasteiger partial charge in [-0.3, -0.25) is 4.98 Å². The van der Waals surface area contributed by atoms with Crippen LogP contribution in [0.4, 0.5) is 18.9 Å². The summed E-state index contributed by atoms with van der Waals surface area (Å²) in [5.41, 5.74) is 2.48. The third-order valence-corrected chi connectivity index (χ3v) is 3.09.